The molecule has 1 atom stereocenters. The molecule has 182 valence electrons. The molecule has 1 amide bonds. The Balaban J connectivity index is 1.69. The van der Waals surface area contributed by atoms with Crippen molar-refractivity contribution in [2.24, 2.45) is 5.92 Å². The number of ether oxygens (including phenoxy) is 6. The van der Waals surface area contributed by atoms with Crippen LogP contribution in [0.2, 0.25) is 0 Å². The quantitative estimate of drug-likeness (QED) is 0.229. The Hall–Kier alpha value is -1.17. The Morgan fingerprint density at radius 3 is 1.71 bits per heavy atom. The zero-order chi connectivity index (χ0) is 22.6. The molecule has 1 saturated carbocycles. The molecule has 9 nitrogen and oxygen atoms in total. The molecule has 10 heteroatoms. The highest BCUT2D eigenvalue weighted by atomic mass is 19.1. The lowest BCUT2D eigenvalue weighted by Gasteiger charge is -2.11. The van der Waals surface area contributed by atoms with E-state index in [2.05, 4.69) is 5.32 Å². The molecule has 0 radical (unpaired) electrons. The van der Waals surface area contributed by atoms with Crippen LogP contribution in [0.1, 0.15) is 26.2 Å². The predicted molar refractivity (Wildman–Crippen MR) is 111 cm³/mol. The number of halogens is 1. The lowest BCUT2D eigenvalue weighted by atomic mass is 10.3. The summed E-state index contributed by atoms with van der Waals surface area (Å²) in [5, 5.41) is 2.58. The van der Waals surface area contributed by atoms with E-state index in [-0.39, 0.29) is 37.4 Å². The second-order valence-electron chi connectivity index (χ2n) is 7.09. The molecule has 1 fully saturated rings. The molecule has 1 rings (SSSR count). The molecular weight excluding hydrogens is 413 g/mol. The number of carbonyl (C=O) groups is 2. The monoisotopic (exact) mass is 451 g/mol. The van der Waals surface area contributed by atoms with Crippen LogP contribution in [0.15, 0.2) is 0 Å². The van der Waals surface area contributed by atoms with Gasteiger partial charge in [0.25, 0.3) is 0 Å². The van der Waals surface area contributed by atoms with Gasteiger partial charge in [0.2, 0.25) is 5.91 Å². The van der Waals surface area contributed by atoms with Crippen LogP contribution in [-0.2, 0) is 38.0 Å². The van der Waals surface area contributed by atoms with E-state index in [1.165, 1.54) is 0 Å². The Morgan fingerprint density at radius 1 is 0.806 bits per heavy atom. The molecule has 31 heavy (non-hydrogen) atoms. The number of Topliss-reactive ketones (excluding diaryl/α,β-unsaturated/α-hetero) is 1. The maximum Gasteiger partial charge on any atom is 0.223 e. The molecule has 0 aromatic carbocycles. The molecule has 1 unspecified atom stereocenters. The number of amides is 1. The molecule has 1 aliphatic rings. The summed E-state index contributed by atoms with van der Waals surface area (Å²) in [7, 11) is 0. The predicted octanol–water partition coefficient (Wildman–Crippen LogP) is 0.929. The van der Waals surface area contributed by atoms with Crippen molar-refractivity contribution in [2.75, 3.05) is 85.8 Å². The minimum Gasteiger partial charge on any atom is -0.377 e. The Kier molecular flexibility index (Phi) is 17.5. The average molecular weight is 452 g/mol. The molecule has 0 aromatic rings. The summed E-state index contributed by atoms with van der Waals surface area (Å²) in [4.78, 5) is 22.4. The van der Waals surface area contributed by atoms with Gasteiger partial charge in [-0.05, 0) is 12.8 Å². The lowest BCUT2D eigenvalue weighted by molar-refractivity contribution is -0.124. The fourth-order valence-electron chi connectivity index (χ4n) is 2.26. The van der Waals surface area contributed by atoms with E-state index in [4.69, 9.17) is 28.4 Å². The molecule has 0 aromatic heterocycles. The largest absolute Gasteiger partial charge is 0.377 e. The highest BCUT2D eigenvalue weighted by Crippen LogP contribution is 2.28. The maximum atomic E-state index is 13.5. The fourth-order valence-corrected chi connectivity index (χ4v) is 2.26. The number of hydrogen-bond donors (Lipinski definition) is 1. The third-order valence-electron chi connectivity index (χ3n) is 4.26. The van der Waals surface area contributed by atoms with Crippen LogP contribution in [0.25, 0.3) is 0 Å². The Morgan fingerprint density at radius 2 is 1.26 bits per heavy atom. The third kappa shape index (κ3) is 18.1. The van der Waals surface area contributed by atoms with Crippen LogP contribution in [0, 0.1) is 5.92 Å². The number of alkyl halides is 1. The molecule has 1 N–H and O–H groups in total. The summed E-state index contributed by atoms with van der Waals surface area (Å²) in [6.45, 7) is 6.05. The van der Waals surface area contributed by atoms with Crippen LogP contribution in [-0.4, -0.2) is 104 Å². The van der Waals surface area contributed by atoms with Crippen molar-refractivity contribution in [3.63, 3.8) is 0 Å². The standard InChI is InChI=1S/C21H38FNO8/c1-2-20(24)17-31-14-12-29-10-8-27-6-5-26-7-9-28-11-13-30-16-19(22)15-23-21(25)18-3-4-18/h18-19H,2-17H2,1H3,(H,23,25). The van der Waals surface area contributed by atoms with E-state index in [1.807, 2.05) is 0 Å². The number of rotatable bonds is 23. The molecule has 0 bridgehead atoms. The fraction of sp³-hybridized carbons (Fsp3) is 0.905. The van der Waals surface area contributed by atoms with E-state index < -0.39 is 6.17 Å². The van der Waals surface area contributed by atoms with E-state index >= 15 is 0 Å². The summed E-state index contributed by atoms with van der Waals surface area (Å²) in [5.74, 6) is 0.108. The van der Waals surface area contributed by atoms with Crippen molar-refractivity contribution in [2.45, 2.75) is 32.4 Å². The molecule has 0 saturated heterocycles. The van der Waals surface area contributed by atoms with Gasteiger partial charge in [-0.2, -0.15) is 0 Å². The average Bonchev–Trinajstić information content (AvgIpc) is 3.62. The van der Waals surface area contributed by atoms with Crippen molar-refractivity contribution in [3.8, 4) is 0 Å². The summed E-state index contributed by atoms with van der Waals surface area (Å²) in [6, 6.07) is 0. The van der Waals surface area contributed by atoms with E-state index in [0.717, 1.165) is 12.8 Å². The first-order valence-corrected chi connectivity index (χ1v) is 11.0. The highest BCUT2D eigenvalue weighted by molar-refractivity contribution is 5.80. The van der Waals surface area contributed by atoms with E-state index in [0.29, 0.717) is 72.5 Å². The molecule has 1 aliphatic carbocycles. The van der Waals surface area contributed by atoms with Crippen molar-refractivity contribution < 1.29 is 42.4 Å². The third-order valence-corrected chi connectivity index (χ3v) is 4.26. The SMILES string of the molecule is CCC(=O)COCCOCCOCCOCCOCCOCC(F)CNC(=O)C1CC1. The second kappa shape index (κ2) is 19.5. The van der Waals surface area contributed by atoms with Gasteiger partial charge in [0.05, 0.1) is 79.2 Å². The summed E-state index contributed by atoms with van der Waals surface area (Å²) < 4.78 is 45.3. The van der Waals surface area contributed by atoms with Crippen molar-refractivity contribution in [3.05, 3.63) is 0 Å². The maximum absolute atomic E-state index is 13.5. The van der Waals surface area contributed by atoms with Gasteiger partial charge in [-0.25, -0.2) is 4.39 Å². The zero-order valence-electron chi connectivity index (χ0n) is 18.6. The van der Waals surface area contributed by atoms with Crippen LogP contribution < -0.4 is 5.32 Å². The van der Waals surface area contributed by atoms with Crippen LogP contribution in [0.3, 0.4) is 0 Å². The van der Waals surface area contributed by atoms with Gasteiger partial charge >= 0.3 is 0 Å². The molecule has 0 heterocycles. The van der Waals surface area contributed by atoms with Gasteiger partial charge in [0.15, 0.2) is 5.78 Å². The highest BCUT2D eigenvalue weighted by Gasteiger charge is 2.29. The molecule has 0 aliphatic heterocycles. The topological polar surface area (TPSA) is 102 Å². The van der Waals surface area contributed by atoms with Crippen molar-refractivity contribution in [1.82, 2.24) is 5.32 Å². The Labute approximate surface area is 184 Å². The van der Waals surface area contributed by atoms with Crippen molar-refractivity contribution in [1.29, 1.82) is 0 Å². The van der Waals surface area contributed by atoms with Crippen LogP contribution in [0.5, 0.6) is 0 Å². The van der Waals surface area contributed by atoms with Crippen molar-refractivity contribution >= 4 is 11.7 Å². The van der Waals surface area contributed by atoms with Gasteiger partial charge in [-0.1, -0.05) is 6.92 Å². The number of ketones is 1. The van der Waals surface area contributed by atoms with Gasteiger partial charge in [-0.3, -0.25) is 9.59 Å². The number of hydrogen-bond acceptors (Lipinski definition) is 8. The number of nitrogens with one attached hydrogen (secondary N) is 1. The van der Waals surface area contributed by atoms with Gasteiger partial charge < -0.3 is 33.7 Å². The van der Waals surface area contributed by atoms with Crippen LogP contribution in [0.4, 0.5) is 4.39 Å². The van der Waals surface area contributed by atoms with Gasteiger partial charge in [0.1, 0.15) is 12.8 Å². The first kappa shape index (κ1) is 27.9. The normalized spacial score (nSPS) is 14.5. The zero-order valence-corrected chi connectivity index (χ0v) is 18.6. The number of carbonyl (C=O) groups excluding carboxylic acids is 2. The van der Waals surface area contributed by atoms with E-state index in [1.54, 1.807) is 6.92 Å². The second-order valence-corrected chi connectivity index (χ2v) is 7.09. The van der Waals surface area contributed by atoms with Gasteiger partial charge in [0, 0.05) is 12.3 Å². The molecule has 0 spiro atoms. The van der Waals surface area contributed by atoms with Crippen LogP contribution >= 0.6 is 0 Å². The van der Waals surface area contributed by atoms with E-state index in [9.17, 15) is 14.0 Å². The first-order chi connectivity index (χ1) is 15.1. The summed E-state index contributed by atoms with van der Waals surface area (Å²) >= 11 is 0. The minimum atomic E-state index is -1.21. The van der Waals surface area contributed by atoms with Gasteiger partial charge in [-0.15, -0.1) is 0 Å². The minimum absolute atomic E-state index is 0.00610. The smallest absolute Gasteiger partial charge is 0.223 e. The summed E-state index contributed by atoms with van der Waals surface area (Å²) in [5.41, 5.74) is 0. The summed E-state index contributed by atoms with van der Waals surface area (Å²) in [6.07, 6.45) is 1.09. The first-order valence-electron chi connectivity index (χ1n) is 11.0. The molecular formula is C21H38FNO8. The Bertz CT molecular complexity index is 465. The lowest BCUT2D eigenvalue weighted by Crippen LogP contribution is -2.33.